The number of nitrogens with zero attached hydrogens (tertiary/aromatic N) is 1. The van der Waals surface area contributed by atoms with Crippen molar-refractivity contribution in [1.29, 1.82) is 0 Å². The molecule has 0 aromatic heterocycles. The molecule has 6 heteroatoms. The van der Waals surface area contributed by atoms with Crippen LogP contribution in [0.2, 0.25) is 0 Å². The Kier molecular flexibility index (Phi) is 7.29. The maximum Gasteiger partial charge on any atom is 0.306 e. The first-order valence-electron chi connectivity index (χ1n) is 13.4. The smallest absolute Gasteiger partial charge is 0.306 e. The largest absolute Gasteiger partial charge is 0.490 e. The lowest BCUT2D eigenvalue weighted by Crippen LogP contribution is -2.45. The van der Waals surface area contributed by atoms with Crippen LogP contribution in [0.5, 0.6) is 5.75 Å². The minimum absolute atomic E-state index is 0.0140. The molecule has 0 amide bonds. The number of halogens is 2. The number of carboxylic acids is 1. The van der Waals surface area contributed by atoms with Gasteiger partial charge in [-0.05, 0) is 86.1 Å². The second-order valence-electron chi connectivity index (χ2n) is 10.9. The molecule has 0 spiro atoms. The fourth-order valence-electron chi connectivity index (χ4n) is 6.79. The zero-order valence-electron chi connectivity index (χ0n) is 20.6. The molecule has 5 rings (SSSR count). The van der Waals surface area contributed by atoms with Crippen molar-refractivity contribution < 1.29 is 23.4 Å². The van der Waals surface area contributed by atoms with Crippen molar-refractivity contribution in [2.45, 2.75) is 95.7 Å². The minimum Gasteiger partial charge on any atom is -0.490 e. The van der Waals surface area contributed by atoms with Crippen LogP contribution in [0.4, 0.5) is 8.78 Å². The number of benzene rings is 2. The van der Waals surface area contributed by atoms with Crippen LogP contribution in [-0.2, 0) is 11.2 Å². The van der Waals surface area contributed by atoms with Gasteiger partial charge in [-0.25, -0.2) is 8.78 Å². The molecular weight excluding hydrogens is 448 g/mol. The van der Waals surface area contributed by atoms with E-state index in [2.05, 4.69) is 11.8 Å². The van der Waals surface area contributed by atoms with Crippen molar-refractivity contribution in [3.8, 4) is 5.75 Å². The van der Waals surface area contributed by atoms with E-state index in [1.165, 1.54) is 6.42 Å². The Morgan fingerprint density at radius 1 is 1.06 bits per heavy atom. The zero-order valence-corrected chi connectivity index (χ0v) is 20.6. The summed E-state index contributed by atoms with van der Waals surface area (Å²) >= 11 is 0. The first-order chi connectivity index (χ1) is 16.9. The average molecular weight is 486 g/mol. The summed E-state index contributed by atoms with van der Waals surface area (Å²) in [5, 5.41) is 10.8. The molecule has 2 aromatic rings. The van der Waals surface area contributed by atoms with Gasteiger partial charge in [0.1, 0.15) is 5.75 Å². The molecule has 2 aliphatic heterocycles. The van der Waals surface area contributed by atoms with Crippen LogP contribution in [0, 0.1) is 11.8 Å². The lowest BCUT2D eigenvalue weighted by molar-refractivity contribution is -0.144. The number of aliphatic carboxylic acids is 1. The highest BCUT2D eigenvalue weighted by Gasteiger charge is 2.42. The van der Waals surface area contributed by atoms with Crippen molar-refractivity contribution in [3.05, 3.63) is 41.5 Å². The van der Waals surface area contributed by atoms with Gasteiger partial charge in [0.25, 0.3) is 6.43 Å². The van der Waals surface area contributed by atoms with Crippen LogP contribution in [0.3, 0.4) is 0 Å². The predicted octanol–water partition coefficient (Wildman–Crippen LogP) is 7.00. The van der Waals surface area contributed by atoms with Gasteiger partial charge in [-0.3, -0.25) is 9.69 Å². The molecule has 2 aromatic carbocycles. The Labute approximate surface area is 206 Å². The molecule has 0 radical (unpaired) electrons. The van der Waals surface area contributed by atoms with Crippen LogP contribution in [0.1, 0.15) is 82.3 Å². The molecule has 35 heavy (non-hydrogen) atoms. The van der Waals surface area contributed by atoms with Crippen LogP contribution in [-0.4, -0.2) is 40.7 Å². The topological polar surface area (TPSA) is 49.8 Å². The highest BCUT2D eigenvalue weighted by molar-refractivity contribution is 5.88. The first kappa shape index (κ1) is 24.5. The monoisotopic (exact) mass is 485 g/mol. The number of rotatable bonds is 8. The van der Waals surface area contributed by atoms with Crippen LogP contribution < -0.4 is 4.74 Å². The Morgan fingerprint density at radius 2 is 1.74 bits per heavy atom. The van der Waals surface area contributed by atoms with Crippen LogP contribution >= 0.6 is 0 Å². The first-order valence-corrected chi connectivity index (χ1v) is 13.4. The zero-order chi connectivity index (χ0) is 24.5. The van der Waals surface area contributed by atoms with Gasteiger partial charge in [-0.1, -0.05) is 37.6 Å². The summed E-state index contributed by atoms with van der Waals surface area (Å²) in [5.74, 6) is 0.160. The summed E-state index contributed by atoms with van der Waals surface area (Å²) < 4.78 is 34.8. The Morgan fingerprint density at radius 3 is 2.37 bits per heavy atom. The molecule has 3 fully saturated rings. The van der Waals surface area contributed by atoms with E-state index < -0.39 is 12.4 Å². The van der Waals surface area contributed by atoms with Crippen molar-refractivity contribution in [1.82, 2.24) is 4.90 Å². The lowest BCUT2D eigenvalue weighted by Gasteiger charge is -2.37. The third-order valence-corrected chi connectivity index (χ3v) is 8.86. The Hall–Kier alpha value is -2.21. The molecule has 190 valence electrons. The quantitative estimate of drug-likeness (QED) is 0.438. The number of piperidine rings is 1. The molecular formula is C29H37F2NO3. The maximum absolute atomic E-state index is 14.3. The number of fused-ring (bicyclic) bond motifs is 3. The number of ether oxygens (including phenoxy) is 1. The van der Waals surface area contributed by atoms with E-state index in [1.54, 1.807) is 6.07 Å². The van der Waals surface area contributed by atoms with Crippen molar-refractivity contribution >= 4 is 16.7 Å². The van der Waals surface area contributed by atoms with Crippen molar-refractivity contribution in [3.63, 3.8) is 0 Å². The SMILES string of the molecule is CC[C@H]1CC[C@@H](Oc2ccc3ccc(CCN4C5CCC4CC(C(=O)O)C5)cc3c2C(F)F)CC1. The molecule has 1 saturated carbocycles. The van der Waals surface area contributed by atoms with Gasteiger partial charge in [-0.2, -0.15) is 0 Å². The number of hydrogen-bond donors (Lipinski definition) is 1. The third-order valence-electron chi connectivity index (χ3n) is 8.86. The third kappa shape index (κ3) is 5.18. The van der Waals surface area contributed by atoms with Crippen LogP contribution in [0.25, 0.3) is 10.8 Å². The van der Waals surface area contributed by atoms with Gasteiger partial charge in [0, 0.05) is 18.6 Å². The van der Waals surface area contributed by atoms with E-state index in [9.17, 15) is 18.7 Å². The highest BCUT2D eigenvalue weighted by Crippen LogP contribution is 2.40. The molecule has 4 nitrogen and oxygen atoms in total. The van der Waals surface area contributed by atoms with Crippen molar-refractivity contribution in [2.24, 2.45) is 11.8 Å². The van der Waals surface area contributed by atoms with E-state index in [0.717, 1.165) is 81.2 Å². The molecule has 3 aliphatic rings. The fourth-order valence-corrected chi connectivity index (χ4v) is 6.79. The highest BCUT2D eigenvalue weighted by atomic mass is 19.3. The number of alkyl halides is 2. The minimum atomic E-state index is -2.60. The Bertz CT molecular complexity index is 1040. The number of carboxylic acid groups (broad SMARTS) is 1. The average Bonchev–Trinajstić information content (AvgIpc) is 3.08. The van der Waals surface area contributed by atoms with Gasteiger partial charge < -0.3 is 9.84 Å². The summed E-state index contributed by atoms with van der Waals surface area (Å²) in [6.45, 7) is 3.05. The molecule has 1 aliphatic carbocycles. The van der Waals surface area contributed by atoms with Gasteiger partial charge in [-0.15, -0.1) is 0 Å². The van der Waals surface area contributed by atoms with E-state index in [0.29, 0.717) is 23.2 Å². The number of hydrogen-bond acceptors (Lipinski definition) is 3. The molecule has 2 bridgehead atoms. The van der Waals surface area contributed by atoms with E-state index in [4.69, 9.17) is 4.74 Å². The molecule has 2 heterocycles. The lowest BCUT2D eigenvalue weighted by atomic mass is 9.86. The fraction of sp³-hybridized carbons (Fsp3) is 0.621. The Balaban J connectivity index is 1.31. The summed E-state index contributed by atoms with van der Waals surface area (Å²) in [6.07, 6.45) is 7.00. The van der Waals surface area contributed by atoms with E-state index >= 15 is 0 Å². The van der Waals surface area contributed by atoms with E-state index in [1.807, 2.05) is 24.3 Å². The summed E-state index contributed by atoms with van der Waals surface area (Å²) in [6, 6.07) is 10.2. The van der Waals surface area contributed by atoms with Gasteiger partial charge in [0.05, 0.1) is 17.6 Å². The summed E-state index contributed by atoms with van der Waals surface area (Å²) in [4.78, 5) is 13.9. The van der Waals surface area contributed by atoms with Crippen LogP contribution in [0.15, 0.2) is 30.3 Å². The summed E-state index contributed by atoms with van der Waals surface area (Å²) in [7, 11) is 0. The second kappa shape index (κ2) is 10.4. The van der Waals surface area contributed by atoms with E-state index in [-0.39, 0.29) is 17.6 Å². The van der Waals surface area contributed by atoms with Gasteiger partial charge in [0.15, 0.2) is 0 Å². The molecule has 2 atom stereocenters. The van der Waals surface area contributed by atoms with Gasteiger partial charge in [0.2, 0.25) is 0 Å². The molecule has 2 unspecified atom stereocenters. The predicted molar refractivity (Wildman–Crippen MR) is 133 cm³/mol. The normalized spacial score (nSPS) is 29.1. The second-order valence-corrected chi connectivity index (χ2v) is 10.9. The standard InChI is InChI=1S/C29H37F2NO3/c1-2-18-4-10-24(11-5-18)35-26-12-7-20-6-3-19(15-25(20)27(26)28(30)31)13-14-32-22-8-9-23(32)17-21(16-22)29(33)34/h3,6-7,12,15,18,21-24,28H,2,4-5,8-11,13-14,16-17H2,1H3,(H,33,34)/t18-,21?,22?,23?,24+. The molecule has 2 saturated heterocycles. The number of carbonyl (C=O) groups is 1. The maximum atomic E-state index is 14.3. The summed E-state index contributed by atoms with van der Waals surface area (Å²) in [5.41, 5.74) is 1.06. The van der Waals surface area contributed by atoms with Gasteiger partial charge >= 0.3 is 5.97 Å². The van der Waals surface area contributed by atoms with Crippen molar-refractivity contribution in [2.75, 3.05) is 6.54 Å². The molecule has 1 N–H and O–H groups in total.